The molecular weight excluding hydrogens is 395 g/mol. The van der Waals surface area contributed by atoms with Crippen molar-refractivity contribution in [2.75, 3.05) is 20.1 Å². The van der Waals surface area contributed by atoms with Crippen LogP contribution in [0.4, 0.5) is 9.18 Å². The number of hydrogen-bond donors (Lipinski definition) is 1. The van der Waals surface area contributed by atoms with Gasteiger partial charge in [0.2, 0.25) is 0 Å². The van der Waals surface area contributed by atoms with Crippen LogP contribution in [0.15, 0.2) is 52.6 Å². The summed E-state index contributed by atoms with van der Waals surface area (Å²) in [5.74, 6) is 0.0951. The first kappa shape index (κ1) is 20.0. The monoisotopic (exact) mass is 420 g/mol. The van der Waals surface area contributed by atoms with Gasteiger partial charge in [-0.25, -0.2) is 9.18 Å². The molecule has 1 amide bonds. The average molecular weight is 421 g/mol. The highest BCUT2D eigenvalue weighted by atomic mass is 35.5. The third kappa shape index (κ3) is 4.34. The summed E-state index contributed by atoms with van der Waals surface area (Å²) in [5, 5.41) is 3.84. The van der Waals surface area contributed by atoms with E-state index in [0.717, 1.165) is 17.8 Å². The quantitative estimate of drug-likeness (QED) is 0.707. The Labute approximate surface area is 175 Å². The fraction of sp³-hybridized carbons (Fsp3) is 0.524. The summed E-state index contributed by atoms with van der Waals surface area (Å²) in [5.41, 5.74) is 5.74. The molecule has 8 heteroatoms. The number of nitrogens with zero attached hydrogens (tertiary/aromatic N) is 3. The van der Waals surface area contributed by atoms with E-state index in [1.165, 1.54) is 6.08 Å². The molecule has 0 aromatic carbocycles. The second-order valence-corrected chi connectivity index (χ2v) is 8.59. The van der Waals surface area contributed by atoms with Gasteiger partial charge in [-0.15, -0.1) is 11.6 Å². The number of halogens is 2. The van der Waals surface area contributed by atoms with Gasteiger partial charge in [-0.2, -0.15) is 5.10 Å². The lowest BCUT2D eigenvalue weighted by Gasteiger charge is -2.36. The number of carbonyl (C=O) groups is 1. The zero-order valence-corrected chi connectivity index (χ0v) is 17.4. The fourth-order valence-corrected chi connectivity index (χ4v) is 4.23. The van der Waals surface area contributed by atoms with E-state index in [9.17, 15) is 9.18 Å². The molecule has 3 heterocycles. The van der Waals surface area contributed by atoms with Crippen molar-refractivity contribution in [2.45, 2.75) is 43.8 Å². The molecule has 29 heavy (non-hydrogen) atoms. The number of nitrogens with one attached hydrogen (secondary N) is 1. The highest BCUT2D eigenvalue weighted by molar-refractivity contribution is 6.22. The normalized spacial score (nSPS) is 32.6. The molecule has 3 aliphatic heterocycles. The van der Waals surface area contributed by atoms with Crippen molar-refractivity contribution in [1.29, 1.82) is 0 Å². The number of hydrogen-bond acceptors (Lipinski definition) is 5. The lowest BCUT2D eigenvalue weighted by atomic mass is 9.98. The Balaban J connectivity index is 1.37. The summed E-state index contributed by atoms with van der Waals surface area (Å²) in [6, 6.07) is 0. The van der Waals surface area contributed by atoms with Gasteiger partial charge < -0.3 is 9.64 Å². The zero-order valence-electron chi connectivity index (χ0n) is 16.6. The summed E-state index contributed by atoms with van der Waals surface area (Å²) in [4.78, 5) is 16.4. The lowest BCUT2D eigenvalue weighted by molar-refractivity contribution is 0.0232. The maximum Gasteiger partial charge on any atom is 0.412 e. The first-order chi connectivity index (χ1) is 13.9. The third-order valence-electron chi connectivity index (χ3n) is 5.63. The van der Waals surface area contributed by atoms with Crippen molar-refractivity contribution in [3.63, 3.8) is 0 Å². The van der Waals surface area contributed by atoms with Gasteiger partial charge in [-0.05, 0) is 24.0 Å². The number of allylic oxidation sites excluding steroid dienone is 4. The van der Waals surface area contributed by atoms with Crippen molar-refractivity contribution in [1.82, 2.24) is 15.2 Å². The van der Waals surface area contributed by atoms with Gasteiger partial charge in [-0.3, -0.25) is 10.3 Å². The molecule has 6 nitrogen and oxygen atoms in total. The van der Waals surface area contributed by atoms with Gasteiger partial charge in [0.15, 0.2) is 0 Å². The molecular formula is C21H26ClFN4O2. The second kappa shape index (κ2) is 8.22. The molecule has 4 atom stereocenters. The first-order valence-corrected chi connectivity index (χ1v) is 10.5. The molecule has 1 fully saturated rings. The number of ether oxygens (including phenoxy) is 1. The first-order valence-electron chi connectivity index (χ1n) is 10.0. The average Bonchev–Trinajstić information content (AvgIpc) is 3.10. The summed E-state index contributed by atoms with van der Waals surface area (Å²) in [7, 11) is 2.05. The van der Waals surface area contributed by atoms with Crippen LogP contribution >= 0.6 is 11.6 Å². The van der Waals surface area contributed by atoms with Crippen molar-refractivity contribution >= 4 is 23.4 Å². The highest BCUT2D eigenvalue weighted by Crippen LogP contribution is 2.30. The zero-order chi connectivity index (χ0) is 20.5. The Hall–Kier alpha value is -2.28. The molecule has 4 unspecified atom stereocenters. The van der Waals surface area contributed by atoms with Crippen LogP contribution in [0.1, 0.15) is 26.2 Å². The Morgan fingerprint density at radius 2 is 2.24 bits per heavy atom. The Morgan fingerprint density at radius 3 is 3.00 bits per heavy atom. The molecule has 1 aliphatic carbocycles. The van der Waals surface area contributed by atoms with Crippen LogP contribution in [0.2, 0.25) is 0 Å². The standard InChI is InChI=1S/C21H26ClFN4O2/c1-13-3-4-15(12-26(2)11-13)18-10-20(25-24-18)27-8-7-19(29-21(27)28)14-5-6-16(22)17(23)9-14/h3-5,9,12-13,16,19-20,25H,6-8,10-11H2,1-2H3. The van der Waals surface area contributed by atoms with E-state index in [4.69, 9.17) is 16.3 Å². The molecule has 0 aromatic heterocycles. The molecule has 0 aromatic rings. The Kier molecular flexibility index (Phi) is 5.67. The van der Waals surface area contributed by atoms with Crippen LogP contribution in [0.5, 0.6) is 0 Å². The van der Waals surface area contributed by atoms with Crippen LogP contribution < -0.4 is 5.43 Å². The molecule has 0 radical (unpaired) electrons. The van der Waals surface area contributed by atoms with Crippen molar-refractivity contribution in [3.8, 4) is 0 Å². The molecule has 0 spiro atoms. The highest BCUT2D eigenvalue weighted by Gasteiger charge is 2.37. The van der Waals surface area contributed by atoms with E-state index < -0.39 is 17.6 Å². The van der Waals surface area contributed by atoms with Crippen molar-refractivity contribution in [2.24, 2.45) is 11.0 Å². The van der Waals surface area contributed by atoms with E-state index in [1.54, 1.807) is 4.90 Å². The van der Waals surface area contributed by atoms with Crippen molar-refractivity contribution < 1.29 is 13.9 Å². The van der Waals surface area contributed by atoms with Gasteiger partial charge in [0.05, 0.1) is 11.1 Å². The van der Waals surface area contributed by atoms with Crippen LogP contribution in [0.3, 0.4) is 0 Å². The molecule has 4 aliphatic rings. The number of carbonyl (C=O) groups excluding carboxylic acids is 1. The van der Waals surface area contributed by atoms with Crippen LogP contribution in [0.25, 0.3) is 0 Å². The van der Waals surface area contributed by atoms with E-state index in [0.29, 0.717) is 37.3 Å². The second-order valence-electron chi connectivity index (χ2n) is 8.06. The van der Waals surface area contributed by atoms with E-state index >= 15 is 0 Å². The topological polar surface area (TPSA) is 57.2 Å². The minimum atomic E-state index is -0.623. The largest absolute Gasteiger partial charge is 0.441 e. The smallest absolute Gasteiger partial charge is 0.412 e. The van der Waals surface area contributed by atoms with Crippen LogP contribution in [-0.2, 0) is 4.74 Å². The number of amides is 1. The van der Waals surface area contributed by atoms with Gasteiger partial charge in [0.1, 0.15) is 18.1 Å². The molecule has 1 saturated heterocycles. The van der Waals surface area contributed by atoms with Gasteiger partial charge in [0.25, 0.3) is 0 Å². The van der Waals surface area contributed by atoms with Crippen molar-refractivity contribution in [3.05, 3.63) is 47.5 Å². The van der Waals surface area contributed by atoms with Gasteiger partial charge in [-0.1, -0.05) is 25.2 Å². The minimum absolute atomic E-state index is 0.237. The lowest BCUT2D eigenvalue weighted by Crippen LogP contribution is -2.51. The predicted molar refractivity (Wildman–Crippen MR) is 111 cm³/mol. The predicted octanol–water partition coefficient (Wildman–Crippen LogP) is 3.69. The number of alkyl halides is 1. The fourth-order valence-electron chi connectivity index (χ4n) is 4.07. The summed E-state index contributed by atoms with van der Waals surface area (Å²) < 4.78 is 19.4. The molecule has 1 N–H and O–H groups in total. The van der Waals surface area contributed by atoms with Crippen LogP contribution in [0, 0.1) is 5.92 Å². The Morgan fingerprint density at radius 1 is 1.41 bits per heavy atom. The molecule has 156 valence electrons. The number of cyclic esters (lactones) is 1. The Bertz CT molecular complexity index is 835. The van der Waals surface area contributed by atoms with E-state index in [2.05, 4.69) is 47.8 Å². The number of rotatable bonds is 3. The third-order valence-corrected chi connectivity index (χ3v) is 6.02. The molecule has 0 saturated carbocycles. The maximum atomic E-state index is 13.8. The summed E-state index contributed by atoms with van der Waals surface area (Å²) >= 11 is 5.88. The molecule has 0 bridgehead atoms. The minimum Gasteiger partial charge on any atom is -0.441 e. The SMILES string of the molecule is CC1C=CC(C2=NNC(N3CCC(C4=CCC(Cl)C(F)=C4)OC3=O)C2)=CN(C)C1. The van der Waals surface area contributed by atoms with Gasteiger partial charge in [0, 0.05) is 44.8 Å². The van der Waals surface area contributed by atoms with Gasteiger partial charge >= 0.3 is 6.09 Å². The number of hydrazone groups is 1. The van der Waals surface area contributed by atoms with Crippen LogP contribution in [-0.4, -0.2) is 59.4 Å². The van der Waals surface area contributed by atoms with E-state index in [1.807, 2.05) is 6.08 Å². The summed E-state index contributed by atoms with van der Waals surface area (Å²) in [6.07, 6.45) is 10.2. The van der Waals surface area contributed by atoms with E-state index in [-0.39, 0.29) is 12.0 Å². The summed E-state index contributed by atoms with van der Waals surface area (Å²) in [6.45, 7) is 3.66. The molecule has 4 rings (SSSR count). The maximum absolute atomic E-state index is 13.8.